The molecule has 3 rings (SSSR count). The Morgan fingerprint density at radius 1 is 1.26 bits per heavy atom. The minimum Gasteiger partial charge on any atom is -0.349 e. The van der Waals surface area contributed by atoms with Crippen LogP contribution in [-0.2, 0) is 6.54 Å². The lowest BCUT2D eigenvalue weighted by Gasteiger charge is -2.32. The summed E-state index contributed by atoms with van der Waals surface area (Å²) in [6.07, 6.45) is 5.20. The Morgan fingerprint density at radius 2 is 2.09 bits per heavy atom. The third-order valence-electron chi connectivity index (χ3n) is 4.14. The molecule has 5 heteroatoms. The summed E-state index contributed by atoms with van der Waals surface area (Å²) >= 11 is 6.03. The monoisotopic (exact) mass is 329 g/mol. The molecular weight excluding hydrogens is 310 g/mol. The molecule has 0 spiro atoms. The molecule has 1 aliphatic heterocycles. The zero-order valence-electron chi connectivity index (χ0n) is 12.9. The first kappa shape index (κ1) is 16.0. The van der Waals surface area contributed by atoms with Crippen LogP contribution in [0.2, 0.25) is 5.02 Å². The van der Waals surface area contributed by atoms with Crippen LogP contribution in [0.4, 0.5) is 0 Å². The number of pyridine rings is 1. The first-order valence-corrected chi connectivity index (χ1v) is 8.26. The minimum absolute atomic E-state index is 0.0357. The summed E-state index contributed by atoms with van der Waals surface area (Å²) in [4.78, 5) is 18.5. The van der Waals surface area contributed by atoms with Crippen LogP contribution in [0.15, 0.2) is 48.8 Å². The number of likely N-dealkylation sites (tertiary alicyclic amines) is 1. The number of aromatic nitrogens is 1. The zero-order valence-corrected chi connectivity index (χ0v) is 13.7. The number of rotatable bonds is 4. The quantitative estimate of drug-likeness (QED) is 0.937. The molecule has 0 atom stereocenters. The van der Waals surface area contributed by atoms with Crippen molar-refractivity contribution in [2.75, 3.05) is 13.1 Å². The first-order chi connectivity index (χ1) is 11.2. The van der Waals surface area contributed by atoms with E-state index in [1.54, 1.807) is 24.5 Å². The van der Waals surface area contributed by atoms with Crippen molar-refractivity contribution >= 4 is 17.5 Å². The second-order valence-corrected chi connectivity index (χ2v) is 6.33. The second kappa shape index (κ2) is 7.57. The van der Waals surface area contributed by atoms with E-state index in [0.717, 1.165) is 37.5 Å². The van der Waals surface area contributed by atoms with E-state index in [9.17, 15) is 4.79 Å². The van der Waals surface area contributed by atoms with Crippen molar-refractivity contribution in [1.82, 2.24) is 15.2 Å². The van der Waals surface area contributed by atoms with Gasteiger partial charge in [0.15, 0.2) is 0 Å². The van der Waals surface area contributed by atoms with Gasteiger partial charge in [0.1, 0.15) is 0 Å². The van der Waals surface area contributed by atoms with Gasteiger partial charge in [-0.3, -0.25) is 14.7 Å². The van der Waals surface area contributed by atoms with Gasteiger partial charge in [0, 0.05) is 43.1 Å². The molecular formula is C18H20ClN3O. The Balaban J connectivity index is 1.48. The highest BCUT2D eigenvalue weighted by molar-refractivity contribution is 6.30. The third-order valence-corrected chi connectivity index (χ3v) is 4.38. The Morgan fingerprint density at radius 3 is 2.78 bits per heavy atom. The van der Waals surface area contributed by atoms with Crippen LogP contribution in [0.3, 0.4) is 0 Å². The van der Waals surface area contributed by atoms with Crippen LogP contribution in [0.25, 0.3) is 0 Å². The highest BCUT2D eigenvalue weighted by Crippen LogP contribution is 2.17. The number of benzene rings is 1. The molecule has 1 aliphatic rings. The van der Waals surface area contributed by atoms with Crippen LogP contribution in [0, 0.1) is 0 Å². The fourth-order valence-electron chi connectivity index (χ4n) is 2.89. The number of piperidine rings is 1. The van der Waals surface area contributed by atoms with Crippen molar-refractivity contribution in [3.05, 3.63) is 64.9 Å². The van der Waals surface area contributed by atoms with Gasteiger partial charge in [0.25, 0.3) is 5.91 Å². The molecule has 120 valence electrons. The summed E-state index contributed by atoms with van der Waals surface area (Å²) in [5.74, 6) is -0.0357. The molecule has 0 aliphatic carbocycles. The maximum absolute atomic E-state index is 12.1. The fraction of sp³-hybridized carbons (Fsp3) is 0.333. The van der Waals surface area contributed by atoms with Crippen molar-refractivity contribution in [3.63, 3.8) is 0 Å². The van der Waals surface area contributed by atoms with Crippen LogP contribution in [-0.4, -0.2) is 34.9 Å². The van der Waals surface area contributed by atoms with Crippen LogP contribution >= 0.6 is 11.6 Å². The summed E-state index contributed by atoms with van der Waals surface area (Å²) in [5, 5.41) is 3.88. The third kappa shape index (κ3) is 4.53. The summed E-state index contributed by atoms with van der Waals surface area (Å²) < 4.78 is 0. The van der Waals surface area contributed by atoms with Gasteiger partial charge in [-0.2, -0.15) is 0 Å². The number of nitrogens with one attached hydrogen (secondary N) is 1. The number of halogens is 1. The topological polar surface area (TPSA) is 45.2 Å². The van der Waals surface area contributed by atoms with Gasteiger partial charge in [-0.1, -0.05) is 23.7 Å². The fourth-order valence-corrected chi connectivity index (χ4v) is 3.11. The SMILES string of the molecule is O=C(NC1CCN(Cc2cccc(Cl)c2)CC1)c1cccnc1. The summed E-state index contributed by atoms with van der Waals surface area (Å²) in [6.45, 7) is 2.86. The molecule has 0 radical (unpaired) electrons. The van der Waals surface area contributed by atoms with Crippen molar-refractivity contribution in [2.45, 2.75) is 25.4 Å². The largest absolute Gasteiger partial charge is 0.349 e. The van der Waals surface area contributed by atoms with Gasteiger partial charge >= 0.3 is 0 Å². The lowest BCUT2D eigenvalue weighted by Crippen LogP contribution is -2.44. The average Bonchev–Trinajstić information content (AvgIpc) is 2.57. The predicted octanol–water partition coefficient (Wildman–Crippen LogP) is 3.13. The highest BCUT2D eigenvalue weighted by Gasteiger charge is 2.21. The molecule has 1 aromatic carbocycles. The average molecular weight is 330 g/mol. The maximum Gasteiger partial charge on any atom is 0.253 e. The van der Waals surface area contributed by atoms with E-state index in [4.69, 9.17) is 11.6 Å². The van der Waals surface area contributed by atoms with E-state index in [-0.39, 0.29) is 11.9 Å². The summed E-state index contributed by atoms with van der Waals surface area (Å²) in [5.41, 5.74) is 1.85. The molecule has 0 unspecified atom stereocenters. The molecule has 1 fully saturated rings. The molecule has 1 saturated heterocycles. The number of carbonyl (C=O) groups is 1. The standard InChI is InChI=1S/C18H20ClN3O/c19-16-5-1-3-14(11-16)13-22-9-6-17(7-10-22)21-18(23)15-4-2-8-20-12-15/h1-5,8,11-12,17H,6-7,9-10,13H2,(H,21,23). The summed E-state index contributed by atoms with van der Waals surface area (Å²) in [7, 11) is 0. The van der Waals surface area contributed by atoms with Crippen molar-refractivity contribution in [3.8, 4) is 0 Å². The second-order valence-electron chi connectivity index (χ2n) is 5.90. The van der Waals surface area contributed by atoms with Crippen LogP contribution in [0.1, 0.15) is 28.8 Å². The Bertz CT molecular complexity index is 654. The highest BCUT2D eigenvalue weighted by atomic mass is 35.5. The van der Waals surface area contributed by atoms with Crippen molar-refractivity contribution in [2.24, 2.45) is 0 Å². The Labute approximate surface area is 141 Å². The Kier molecular flexibility index (Phi) is 5.26. The lowest BCUT2D eigenvalue weighted by molar-refractivity contribution is 0.0908. The Hall–Kier alpha value is -1.91. The first-order valence-electron chi connectivity index (χ1n) is 7.88. The van der Waals surface area contributed by atoms with E-state index < -0.39 is 0 Å². The van der Waals surface area contributed by atoms with Crippen molar-refractivity contribution < 1.29 is 4.79 Å². The number of carbonyl (C=O) groups excluding carboxylic acids is 1. The maximum atomic E-state index is 12.1. The van der Waals surface area contributed by atoms with E-state index in [2.05, 4.69) is 21.3 Å². The van der Waals surface area contributed by atoms with Gasteiger partial charge in [-0.25, -0.2) is 0 Å². The molecule has 0 saturated carbocycles. The molecule has 2 heterocycles. The van der Waals surface area contributed by atoms with Gasteiger partial charge < -0.3 is 5.32 Å². The number of amides is 1. The van der Waals surface area contributed by atoms with Gasteiger partial charge in [-0.15, -0.1) is 0 Å². The molecule has 23 heavy (non-hydrogen) atoms. The van der Waals surface area contributed by atoms with E-state index >= 15 is 0 Å². The molecule has 0 bridgehead atoms. The number of nitrogens with zero attached hydrogens (tertiary/aromatic N) is 2. The zero-order chi connectivity index (χ0) is 16.1. The molecule has 4 nitrogen and oxygen atoms in total. The van der Waals surface area contributed by atoms with Crippen LogP contribution < -0.4 is 5.32 Å². The normalized spacial score (nSPS) is 16.2. The molecule has 1 aromatic heterocycles. The van der Waals surface area contributed by atoms with Gasteiger partial charge in [-0.05, 0) is 42.7 Å². The number of hydrogen-bond donors (Lipinski definition) is 1. The minimum atomic E-state index is -0.0357. The van der Waals surface area contributed by atoms with E-state index in [0.29, 0.717) is 5.56 Å². The molecule has 1 amide bonds. The summed E-state index contributed by atoms with van der Waals surface area (Å²) in [6, 6.07) is 11.8. The molecule has 2 aromatic rings. The predicted molar refractivity (Wildman–Crippen MR) is 91.5 cm³/mol. The van der Waals surface area contributed by atoms with E-state index in [1.807, 2.05) is 18.2 Å². The van der Waals surface area contributed by atoms with Gasteiger partial charge in [0.05, 0.1) is 5.56 Å². The van der Waals surface area contributed by atoms with Crippen molar-refractivity contribution in [1.29, 1.82) is 0 Å². The molecule has 1 N–H and O–H groups in total. The lowest BCUT2D eigenvalue weighted by atomic mass is 10.0. The smallest absolute Gasteiger partial charge is 0.253 e. The van der Waals surface area contributed by atoms with E-state index in [1.165, 1.54) is 5.56 Å². The van der Waals surface area contributed by atoms with Gasteiger partial charge in [0.2, 0.25) is 0 Å². The van der Waals surface area contributed by atoms with Crippen LogP contribution in [0.5, 0.6) is 0 Å². The number of hydrogen-bond acceptors (Lipinski definition) is 3.